The normalized spacial score (nSPS) is 9.69. The summed E-state index contributed by atoms with van der Waals surface area (Å²) in [4.78, 5) is 3.10. The molecule has 0 saturated heterocycles. The maximum atomic E-state index is 13.2. The van der Waals surface area contributed by atoms with Crippen LogP contribution in [0, 0.1) is 18.2 Å². The number of halogens is 3. The molecule has 4 heteroatoms. The van der Waals surface area contributed by atoms with Gasteiger partial charge in [-0.1, -0.05) is 6.07 Å². The van der Waals surface area contributed by atoms with Crippen LogP contribution < -0.4 is 0 Å². The first-order valence-corrected chi connectivity index (χ1v) is 4.41. The van der Waals surface area contributed by atoms with E-state index in [1.807, 2.05) is 0 Å². The van der Waals surface area contributed by atoms with Crippen LogP contribution in [-0.2, 0) is 6.42 Å². The van der Waals surface area contributed by atoms with E-state index in [1.54, 1.807) is 0 Å². The molecule has 1 rings (SSSR count). The Bertz CT molecular complexity index is 357. The van der Waals surface area contributed by atoms with E-state index in [1.165, 1.54) is 12.1 Å². The molecule has 0 spiro atoms. The number of nitrogens with zero attached hydrogens (tertiary/aromatic N) is 1. The minimum atomic E-state index is -0.621. The molecule has 0 N–H and O–H groups in total. The van der Waals surface area contributed by atoms with Gasteiger partial charge in [-0.3, -0.25) is 0 Å². The molecule has 0 bridgehead atoms. The SMILES string of the molecule is [C-]#[N+]CCc1ccc(F)c(Br)c1F. The van der Waals surface area contributed by atoms with Crippen molar-refractivity contribution in [2.24, 2.45) is 0 Å². The van der Waals surface area contributed by atoms with Crippen LogP contribution in [0.2, 0.25) is 0 Å². The summed E-state index contributed by atoms with van der Waals surface area (Å²) in [5.74, 6) is -1.23. The van der Waals surface area contributed by atoms with Gasteiger partial charge in [-0.2, -0.15) is 0 Å². The first kappa shape index (κ1) is 10.1. The Morgan fingerprint density at radius 2 is 2.08 bits per heavy atom. The Morgan fingerprint density at radius 3 is 2.69 bits per heavy atom. The first-order valence-electron chi connectivity index (χ1n) is 3.62. The van der Waals surface area contributed by atoms with Crippen molar-refractivity contribution in [3.63, 3.8) is 0 Å². The van der Waals surface area contributed by atoms with E-state index in [2.05, 4.69) is 20.8 Å². The molecule has 0 fully saturated rings. The fraction of sp³-hybridized carbons (Fsp3) is 0.222. The van der Waals surface area contributed by atoms with Crippen molar-refractivity contribution >= 4 is 15.9 Å². The molecule has 0 aromatic heterocycles. The lowest BCUT2D eigenvalue weighted by molar-refractivity contribution is 0.562. The standard InChI is InChI=1S/C9H6BrF2N/c1-13-5-4-6-2-3-7(11)8(10)9(6)12/h2-3H,4-5H2. The molecule has 0 aliphatic heterocycles. The van der Waals surface area contributed by atoms with Gasteiger partial charge in [0, 0.05) is 6.42 Å². The molecule has 1 nitrogen and oxygen atoms in total. The maximum absolute atomic E-state index is 13.2. The summed E-state index contributed by atoms with van der Waals surface area (Å²) in [5.41, 5.74) is 0.365. The summed E-state index contributed by atoms with van der Waals surface area (Å²) < 4.78 is 25.8. The highest BCUT2D eigenvalue weighted by atomic mass is 79.9. The van der Waals surface area contributed by atoms with Crippen molar-refractivity contribution in [2.45, 2.75) is 6.42 Å². The van der Waals surface area contributed by atoms with E-state index in [9.17, 15) is 8.78 Å². The molecule has 0 aliphatic carbocycles. The third kappa shape index (κ3) is 2.25. The van der Waals surface area contributed by atoms with E-state index in [-0.39, 0.29) is 11.0 Å². The monoisotopic (exact) mass is 245 g/mol. The zero-order chi connectivity index (χ0) is 9.84. The largest absolute Gasteiger partial charge is 0.317 e. The summed E-state index contributed by atoms with van der Waals surface area (Å²) >= 11 is 2.79. The van der Waals surface area contributed by atoms with Crippen molar-refractivity contribution < 1.29 is 8.78 Å². The molecule has 0 amide bonds. The Hall–Kier alpha value is -0.950. The fourth-order valence-electron chi connectivity index (χ4n) is 0.935. The fourth-order valence-corrected chi connectivity index (χ4v) is 1.32. The third-order valence-electron chi connectivity index (χ3n) is 1.61. The number of rotatable bonds is 2. The second kappa shape index (κ2) is 4.33. The lowest BCUT2D eigenvalue weighted by Gasteiger charge is -2.01. The number of hydrogen-bond acceptors (Lipinski definition) is 0. The highest BCUT2D eigenvalue weighted by Gasteiger charge is 2.11. The van der Waals surface area contributed by atoms with Crippen molar-refractivity contribution in [3.05, 3.63) is 45.2 Å². The van der Waals surface area contributed by atoms with Gasteiger partial charge in [-0.05, 0) is 27.6 Å². The minimum absolute atomic E-state index is 0.157. The lowest BCUT2D eigenvalue weighted by atomic mass is 10.1. The molecule has 0 aliphatic rings. The summed E-state index contributed by atoms with van der Waals surface area (Å²) in [6, 6.07) is 2.55. The van der Waals surface area contributed by atoms with Crippen molar-refractivity contribution in [1.29, 1.82) is 0 Å². The third-order valence-corrected chi connectivity index (χ3v) is 2.33. The lowest BCUT2D eigenvalue weighted by Crippen LogP contribution is -1.95. The second-order valence-corrected chi connectivity index (χ2v) is 3.26. The van der Waals surface area contributed by atoms with Crippen LogP contribution in [-0.4, -0.2) is 6.54 Å². The van der Waals surface area contributed by atoms with E-state index in [0.717, 1.165) is 0 Å². The van der Waals surface area contributed by atoms with Gasteiger partial charge in [0.15, 0.2) is 0 Å². The van der Waals surface area contributed by atoms with Gasteiger partial charge in [0.25, 0.3) is 0 Å². The molecule has 0 atom stereocenters. The average molecular weight is 246 g/mol. The molecule has 68 valence electrons. The molecule has 1 aromatic carbocycles. The van der Waals surface area contributed by atoms with E-state index < -0.39 is 11.6 Å². The predicted octanol–water partition coefficient (Wildman–Crippen LogP) is 3.19. The zero-order valence-electron chi connectivity index (χ0n) is 6.65. The van der Waals surface area contributed by atoms with Crippen LogP contribution in [0.1, 0.15) is 5.56 Å². The van der Waals surface area contributed by atoms with E-state index >= 15 is 0 Å². The van der Waals surface area contributed by atoms with Gasteiger partial charge in [-0.15, -0.1) is 0 Å². The quantitative estimate of drug-likeness (QED) is 0.557. The zero-order valence-corrected chi connectivity index (χ0v) is 8.24. The van der Waals surface area contributed by atoms with Crippen LogP contribution in [0.15, 0.2) is 16.6 Å². The van der Waals surface area contributed by atoms with Gasteiger partial charge >= 0.3 is 0 Å². The van der Waals surface area contributed by atoms with Crippen LogP contribution in [0.5, 0.6) is 0 Å². The molecule has 0 unspecified atom stereocenters. The Kier molecular flexibility index (Phi) is 3.38. The topological polar surface area (TPSA) is 4.36 Å². The van der Waals surface area contributed by atoms with Gasteiger partial charge < -0.3 is 4.85 Å². The minimum Gasteiger partial charge on any atom is -0.317 e. The smallest absolute Gasteiger partial charge is 0.218 e. The second-order valence-electron chi connectivity index (χ2n) is 2.47. The highest BCUT2D eigenvalue weighted by molar-refractivity contribution is 9.10. The molecule has 13 heavy (non-hydrogen) atoms. The van der Waals surface area contributed by atoms with Gasteiger partial charge in [0.1, 0.15) is 11.6 Å². The summed E-state index contributed by atoms with van der Waals surface area (Å²) in [6.07, 6.45) is 0.314. The van der Waals surface area contributed by atoms with Crippen molar-refractivity contribution in [2.75, 3.05) is 6.54 Å². The van der Waals surface area contributed by atoms with Gasteiger partial charge in [0.05, 0.1) is 4.47 Å². The Balaban J connectivity index is 2.98. The molecule has 0 saturated carbocycles. The molecular formula is C9H6BrF2N. The molecule has 1 aromatic rings. The maximum Gasteiger partial charge on any atom is 0.218 e. The van der Waals surface area contributed by atoms with Crippen molar-refractivity contribution in [3.8, 4) is 0 Å². The molecule has 0 radical (unpaired) electrons. The predicted molar refractivity (Wildman–Crippen MR) is 49.2 cm³/mol. The summed E-state index contributed by atoms with van der Waals surface area (Å²) in [7, 11) is 0. The highest BCUT2D eigenvalue weighted by Crippen LogP contribution is 2.22. The Morgan fingerprint density at radius 1 is 1.38 bits per heavy atom. The Labute approximate surface area is 83.3 Å². The van der Waals surface area contributed by atoms with Crippen molar-refractivity contribution in [1.82, 2.24) is 0 Å². The van der Waals surface area contributed by atoms with Gasteiger partial charge in [-0.25, -0.2) is 15.4 Å². The first-order chi connectivity index (χ1) is 6.16. The van der Waals surface area contributed by atoms with Crippen LogP contribution in [0.25, 0.3) is 4.85 Å². The average Bonchev–Trinajstić information content (AvgIpc) is 2.13. The van der Waals surface area contributed by atoms with Crippen LogP contribution in [0.4, 0.5) is 8.78 Å². The number of benzene rings is 1. The van der Waals surface area contributed by atoms with E-state index in [4.69, 9.17) is 6.57 Å². The number of hydrogen-bond donors (Lipinski definition) is 0. The van der Waals surface area contributed by atoms with Crippen LogP contribution >= 0.6 is 15.9 Å². The summed E-state index contributed by atoms with van der Waals surface area (Å²) in [5, 5.41) is 0. The van der Waals surface area contributed by atoms with Gasteiger partial charge in [0.2, 0.25) is 6.54 Å². The van der Waals surface area contributed by atoms with Crippen LogP contribution in [0.3, 0.4) is 0 Å². The molecule has 0 heterocycles. The van der Waals surface area contributed by atoms with E-state index in [0.29, 0.717) is 12.0 Å². The summed E-state index contributed by atoms with van der Waals surface area (Å²) in [6.45, 7) is 6.75. The molecular weight excluding hydrogens is 240 g/mol.